The molecule has 0 amide bonds. The third-order valence-electron chi connectivity index (χ3n) is 3.00. The Bertz CT molecular complexity index is 449. The van der Waals surface area contributed by atoms with Crippen molar-refractivity contribution >= 4 is 0 Å². The molecule has 0 saturated carbocycles. The summed E-state index contributed by atoms with van der Waals surface area (Å²) in [5.41, 5.74) is -0.854. The summed E-state index contributed by atoms with van der Waals surface area (Å²) in [5.74, 6) is -9.66. The van der Waals surface area contributed by atoms with Crippen LogP contribution in [0.25, 0.3) is 0 Å². The van der Waals surface area contributed by atoms with Crippen LogP contribution in [0.4, 0.5) is 22.0 Å². The molecule has 7 heteroatoms. The maximum absolute atomic E-state index is 13.6. The van der Waals surface area contributed by atoms with Gasteiger partial charge in [0.25, 0.3) is 0 Å². The van der Waals surface area contributed by atoms with Crippen molar-refractivity contribution in [3.05, 3.63) is 34.6 Å². The van der Waals surface area contributed by atoms with E-state index in [2.05, 4.69) is 0 Å². The van der Waals surface area contributed by atoms with Gasteiger partial charge in [0.05, 0.1) is 0 Å². The summed E-state index contributed by atoms with van der Waals surface area (Å²) in [6.07, 6.45) is 0.341. The van der Waals surface area contributed by atoms with Crippen LogP contribution in [0.15, 0.2) is 0 Å². The van der Waals surface area contributed by atoms with Gasteiger partial charge in [0, 0.05) is 31.3 Å². The number of halogens is 5. The minimum Gasteiger partial charge on any atom is -0.396 e. The van der Waals surface area contributed by atoms with Crippen molar-refractivity contribution < 1.29 is 27.1 Å². The van der Waals surface area contributed by atoms with E-state index in [0.29, 0.717) is 6.42 Å². The minimum atomic E-state index is -2.16. The van der Waals surface area contributed by atoms with E-state index >= 15 is 0 Å². The van der Waals surface area contributed by atoms with Gasteiger partial charge < -0.3 is 5.11 Å². The van der Waals surface area contributed by atoms with Gasteiger partial charge in [-0.05, 0) is 20.3 Å². The van der Waals surface area contributed by atoms with Crippen LogP contribution >= 0.6 is 0 Å². The molecule has 0 heterocycles. The predicted molar refractivity (Wildman–Crippen MR) is 63.5 cm³/mol. The van der Waals surface area contributed by atoms with Crippen LogP contribution in [0.5, 0.6) is 0 Å². The van der Waals surface area contributed by atoms with E-state index in [1.807, 2.05) is 0 Å². The van der Waals surface area contributed by atoms with Crippen LogP contribution in [-0.4, -0.2) is 29.2 Å². The number of rotatable bonds is 6. The molecule has 0 aliphatic rings. The van der Waals surface area contributed by atoms with Gasteiger partial charge >= 0.3 is 0 Å². The highest BCUT2D eigenvalue weighted by Gasteiger charge is 2.27. The zero-order valence-corrected chi connectivity index (χ0v) is 11.2. The lowest BCUT2D eigenvalue weighted by Crippen LogP contribution is -2.33. The molecule has 0 aromatic heterocycles. The normalized spacial score (nSPS) is 11.7. The minimum absolute atomic E-state index is 0.125. The average Bonchev–Trinajstić information content (AvgIpc) is 2.42. The number of hydrogen-bond acceptors (Lipinski definition) is 2. The first-order valence-corrected chi connectivity index (χ1v) is 6.16. The zero-order valence-electron chi connectivity index (χ0n) is 11.2. The van der Waals surface area contributed by atoms with Gasteiger partial charge in [0.15, 0.2) is 23.3 Å². The molecule has 0 saturated heterocycles. The molecule has 0 unspecified atom stereocenters. The van der Waals surface area contributed by atoms with Crippen molar-refractivity contribution in [2.24, 2.45) is 0 Å². The largest absolute Gasteiger partial charge is 0.396 e. The maximum Gasteiger partial charge on any atom is 0.200 e. The van der Waals surface area contributed by atoms with Crippen molar-refractivity contribution in [1.82, 2.24) is 4.90 Å². The smallest absolute Gasteiger partial charge is 0.200 e. The van der Waals surface area contributed by atoms with Gasteiger partial charge in [-0.3, -0.25) is 4.90 Å². The quantitative estimate of drug-likeness (QED) is 0.496. The SMILES string of the molecule is CC(C)N(CCCO)Cc1c(F)c(F)c(F)c(F)c1F. The Morgan fingerprint density at radius 1 is 0.900 bits per heavy atom. The van der Waals surface area contributed by atoms with E-state index in [4.69, 9.17) is 5.11 Å². The fourth-order valence-electron chi connectivity index (χ4n) is 1.79. The van der Waals surface area contributed by atoms with E-state index in [9.17, 15) is 22.0 Å². The maximum atomic E-state index is 13.6. The first-order valence-electron chi connectivity index (χ1n) is 6.16. The number of benzene rings is 1. The third kappa shape index (κ3) is 3.46. The van der Waals surface area contributed by atoms with E-state index in [-0.39, 0.29) is 19.2 Å². The van der Waals surface area contributed by atoms with E-state index in [0.717, 1.165) is 0 Å². The van der Waals surface area contributed by atoms with E-state index in [1.54, 1.807) is 13.8 Å². The van der Waals surface area contributed by atoms with Gasteiger partial charge in [-0.15, -0.1) is 0 Å². The molecule has 0 atom stereocenters. The highest BCUT2D eigenvalue weighted by atomic mass is 19.2. The van der Waals surface area contributed by atoms with Crippen LogP contribution < -0.4 is 0 Å². The number of aliphatic hydroxyl groups excluding tert-OH is 1. The second kappa shape index (κ2) is 6.99. The summed E-state index contributed by atoms with van der Waals surface area (Å²) in [7, 11) is 0. The van der Waals surface area contributed by atoms with Crippen molar-refractivity contribution in [2.45, 2.75) is 32.9 Å². The molecular formula is C13H16F5NO. The number of aliphatic hydroxyl groups is 1. The van der Waals surface area contributed by atoms with Gasteiger partial charge in [0.1, 0.15) is 0 Å². The molecule has 1 rings (SSSR count). The lowest BCUT2D eigenvalue weighted by Gasteiger charge is -2.26. The molecule has 0 fully saturated rings. The molecule has 1 N–H and O–H groups in total. The lowest BCUT2D eigenvalue weighted by molar-refractivity contribution is 0.179. The Morgan fingerprint density at radius 2 is 1.35 bits per heavy atom. The highest BCUT2D eigenvalue weighted by Crippen LogP contribution is 2.24. The molecule has 20 heavy (non-hydrogen) atoms. The molecule has 2 nitrogen and oxygen atoms in total. The highest BCUT2D eigenvalue weighted by molar-refractivity contribution is 5.24. The van der Waals surface area contributed by atoms with Crippen molar-refractivity contribution in [3.8, 4) is 0 Å². The molecule has 0 aliphatic heterocycles. The fourth-order valence-corrected chi connectivity index (χ4v) is 1.79. The standard InChI is InChI=1S/C13H16F5NO/c1-7(2)19(4-3-5-20)6-8-9(14)11(16)13(18)12(17)10(8)15/h7,20H,3-6H2,1-2H3. The molecular weight excluding hydrogens is 281 g/mol. The lowest BCUT2D eigenvalue weighted by atomic mass is 10.1. The summed E-state index contributed by atoms with van der Waals surface area (Å²) < 4.78 is 66.2. The van der Waals surface area contributed by atoms with Crippen molar-refractivity contribution in [1.29, 1.82) is 0 Å². The summed E-state index contributed by atoms with van der Waals surface area (Å²) in [5, 5.41) is 8.75. The van der Waals surface area contributed by atoms with Crippen LogP contribution in [-0.2, 0) is 6.54 Å². The second-order valence-corrected chi connectivity index (χ2v) is 4.69. The van der Waals surface area contributed by atoms with Gasteiger partial charge in [-0.1, -0.05) is 0 Å². The summed E-state index contributed by atoms with van der Waals surface area (Å²) in [4.78, 5) is 1.52. The number of hydrogen-bond donors (Lipinski definition) is 1. The van der Waals surface area contributed by atoms with E-state index in [1.165, 1.54) is 4.90 Å². The number of nitrogens with zero attached hydrogens (tertiary/aromatic N) is 1. The van der Waals surface area contributed by atoms with Crippen molar-refractivity contribution in [2.75, 3.05) is 13.2 Å². The average molecular weight is 297 g/mol. The Morgan fingerprint density at radius 3 is 1.75 bits per heavy atom. The predicted octanol–water partition coefficient (Wildman–Crippen LogP) is 2.97. The van der Waals surface area contributed by atoms with Crippen LogP contribution in [0.2, 0.25) is 0 Å². The summed E-state index contributed by atoms with van der Waals surface area (Å²) in [6, 6.07) is -0.170. The Hall–Kier alpha value is -1.21. The Labute approximate surface area is 113 Å². The zero-order chi connectivity index (χ0) is 15.4. The molecule has 0 radical (unpaired) electrons. The van der Waals surface area contributed by atoms with Crippen molar-refractivity contribution in [3.63, 3.8) is 0 Å². The molecule has 0 bridgehead atoms. The fraction of sp³-hybridized carbons (Fsp3) is 0.538. The third-order valence-corrected chi connectivity index (χ3v) is 3.00. The van der Waals surface area contributed by atoms with Crippen LogP contribution in [0.3, 0.4) is 0 Å². The monoisotopic (exact) mass is 297 g/mol. The van der Waals surface area contributed by atoms with Gasteiger partial charge in [0.2, 0.25) is 5.82 Å². The molecule has 1 aromatic rings. The summed E-state index contributed by atoms with van der Waals surface area (Å²) in [6.45, 7) is 3.20. The van der Waals surface area contributed by atoms with Crippen LogP contribution in [0, 0.1) is 29.1 Å². The summed E-state index contributed by atoms with van der Waals surface area (Å²) >= 11 is 0. The topological polar surface area (TPSA) is 23.5 Å². The molecule has 114 valence electrons. The first-order chi connectivity index (χ1) is 9.31. The second-order valence-electron chi connectivity index (χ2n) is 4.69. The van der Waals surface area contributed by atoms with Crippen LogP contribution in [0.1, 0.15) is 25.8 Å². The van der Waals surface area contributed by atoms with E-state index < -0.39 is 41.2 Å². The van der Waals surface area contributed by atoms with Gasteiger partial charge in [-0.25, -0.2) is 22.0 Å². The molecule has 0 aliphatic carbocycles. The molecule has 1 aromatic carbocycles. The Kier molecular flexibility index (Phi) is 5.88. The Balaban J connectivity index is 3.13. The van der Waals surface area contributed by atoms with Gasteiger partial charge in [-0.2, -0.15) is 0 Å². The molecule has 0 spiro atoms. The first kappa shape index (κ1) is 16.8.